The zero-order valence-corrected chi connectivity index (χ0v) is 16.6. The summed E-state index contributed by atoms with van der Waals surface area (Å²) in [6.45, 7) is 0. The fourth-order valence-electron chi connectivity index (χ4n) is 3.09. The fraction of sp³-hybridized carbons (Fsp3) is 0.0417. The Morgan fingerprint density at radius 3 is 2.12 bits per heavy atom. The molecule has 0 unspecified atom stereocenters. The van der Waals surface area contributed by atoms with Gasteiger partial charge in [-0.2, -0.15) is 13.2 Å². The molecule has 4 aromatic rings. The highest BCUT2D eigenvalue weighted by Gasteiger charge is 2.30. The third-order valence-electron chi connectivity index (χ3n) is 4.65. The number of amides is 2. The van der Waals surface area contributed by atoms with Crippen molar-refractivity contribution in [2.75, 3.05) is 10.6 Å². The number of rotatable bonds is 4. The van der Waals surface area contributed by atoms with Crippen LogP contribution in [0.4, 0.5) is 29.3 Å². The molecule has 4 rings (SSSR count). The first kappa shape index (κ1) is 21.0. The average molecular weight is 434 g/mol. The highest BCUT2D eigenvalue weighted by Crippen LogP contribution is 2.31. The summed E-state index contributed by atoms with van der Waals surface area (Å²) < 4.78 is 38.1. The number of hydrogen-bond acceptors (Lipinski definition) is 3. The third-order valence-corrected chi connectivity index (χ3v) is 4.65. The summed E-state index contributed by atoms with van der Waals surface area (Å²) in [5.74, 6) is 0. The number of nitrogens with zero attached hydrogens (tertiary/aromatic N) is 2. The predicted molar refractivity (Wildman–Crippen MR) is 117 cm³/mol. The maximum atomic E-state index is 12.7. The predicted octanol–water partition coefficient (Wildman–Crippen LogP) is 6.47. The van der Waals surface area contributed by atoms with Gasteiger partial charge in [-0.25, -0.2) is 4.79 Å². The number of alkyl halides is 3. The van der Waals surface area contributed by atoms with Crippen molar-refractivity contribution >= 4 is 17.4 Å². The van der Waals surface area contributed by atoms with Crippen LogP contribution in [0.25, 0.3) is 22.5 Å². The van der Waals surface area contributed by atoms with E-state index in [-0.39, 0.29) is 5.69 Å². The van der Waals surface area contributed by atoms with Gasteiger partial charge in [-0.05, 0) is 48.5 Å². The second-order valence-electron chi connectivity index (χ2n) is 6.85. The molecule has 2 heterocycles. The van der Waals surface area contributed by atoms with Crippen LogP contribution in [-0.4, -0.2) is 16.0 Å². The lowest BCUT2D eigenvalue weighted by Crippen LogP contribution is -2.20. The molecular formula is C24H17F3N4O. The molecule has 0 saturated heterocycles. The molecule has 0 spiro atoms. The molecule has 8 heteroatoms. The smallest absolute Gasteiger partial charge is 0.308 e. The summed E-state index contributed by atoms with van der Waals surface area (Å²) in [7, 11) is 0. The van der Waals surface area contributed by atoms with E-state index >= 15 is 0 Å². The molecule has 0 saturated carbocycles. The minimum Gasteiger partial charge on any atom is -0.308 e. The standard InChI is InChI=1S/C24H17F3N4O/c25-24(26,27)17-9-11-18(12-10-17)30-23(32)31-20-6-2-1-5-19(20)16-8-13-22(29-15-16)21-7-3-4-14-28-21/h1-15H,(H2,30,31,32). The number of aromatic nitrogens is 2. The first-order chi connectivity index (χ1) is 15.4. The number of benzene rings is 2. The molecule has 0 bridgehead atoms. The second-order valence-corrected chi connectivity index (χ2v) is 6.85. The summed E-state index contributed by atoms with van der Waals surface area (Å²) in [5.41, 5.74) is 3.00. The van der Waals surface area contributed by atoms with Crippen LogP contribution in [0.1, 0.15) is 5.56 Å². The zero-order valence-electron chi connectivity index (χ0n) is 16.6. The van der Waals surface area contributed by atoms with Crippen LogP contribution in [0.5, 0.6) is 0 Å². The van der Waals surface area contributed by atoms with Gasteiger partial charge in [-0.1, -0.05) is 30.3 Å². The van der Waals surface area contributed by atoms with Crippen LogP contribution in [0, 0.1) is 0 Å². The molecule has 0 atom stereocenters. The fourth-order valence-corrected chi connectivity index (χ4v) is 3.09. The minimum absolute atomic E-state index is 0.245. The summed E-state index contributed by atoms with van der Waals surface area (Å²) in [6, 6.07) is 20.1. The number of carbonyl (C=O) groups excluding carboxylic acids is 1. The SMILES string of the molecule is O=C(Nc1ccc(C(F)(F)F)cc1)Nc1ccccc1-c1ccc(-c2ccccn2)nc1. The molecule has 0 radical (unpaired) electrons. The number of anilines is 2. The van der Waals surface area contributed by atoms with Crippen molar-refractivity contribution in [1.29, 1.82) is 0 Å². The molecule has 2 amide bonds. The number of halogens is 3. The van der Waals surface area contributed by atoms with E-state index in [0.29, 0.717) is 5.69 Å². The molecule has 2 aromatic carbocycles. The summed E-state index contributed by atoms with van der Waals surface area (Å²) in [4.78, 5) is 21.2. The second kappa shape index (κ2) is 8.89. The van der Waals surface area contributed by atoms with Crippen molar-refractivity contribution in [2.45, 2.75) is 6.18 Å². The van der Waals surface area contributed by atoms with E-state index in [4.69, 9.17) is 0 Å². The van der Waals surface area contributed by atoms with Crippen LogP contribution in [-0.2, 0) is 6.18 Å². The van der Waals surface area contributed by atoms with Gasteiger partial charge in [0.1, 0.15) is 0 Å². The Balaban J connectivity index is 1.49. The van der Waals surface area contributed by atoms with E-state index in [1.54, 1.807) is 24.5 Å². The lowest BCUT2D eigenvalue weighted by Gasteiger charge is -2.13. The van der Waals surface area contributed by atoms with Crippen LogP contribution >= 0.6 is 0 Å². The van der Waals surface area contributed by atoms with Gasteiger partial charge < -0.3 is 10.6 Å². The lowest BCUT2D eigenvalue weighted by atomic mass is 10.0. The average Bonchev–Trinajstić information content (AvgIpc) is 2.80. The van der Waals surface area contributed by atoms with E-state index in [1.165, 1.54) is 12.1 Å². The van der Waals surface area contributed by atoms with Crippen LogP contribution in [0.15, 0.2) is 91.3 Å². The van der Waals surface area contributed by atoms with E-state index in [1.807, 2.05) is 42.5 Å². The first-order valence-corrected chi connectivity index (χ1v) is 9.62. The van der Waals surface area contributed by atoms with Gasteiger partial charge in [0.2, 0.25) is 0 Å². The number of nitrogens with one attached hydrogen (secondary N) is 2. The van der Waals surface area contributed by atoms with Gasteiger partial charge >= 0.3 is 12.2 Å². The van der Waals surface area contributed by atoms with Gasteiger partial charge in [0.05, 0.1) is 22.6 Å². The Morgan fingerprint density at radius 2 is 1.47 bits per heavy atom. The van der Waals surface area contributed by atoms with Gasteiger partial charge in [0, 0.05) is 29.2 Å². The summed E-state index contributed by atoms with van der Waals surface area (Å²) in [5, 5.41) is 5.27. The number of pyridine rings is 2. The third kappa shape index (κ3) is 4.92. The number of urea groups is 1. The van der Waals surface area contributed by atoms with Gasteiger partial charge in [-0.15, -0.1) is 0 Å². The maximum Gasteiger partial charge on any atom is 0.416 e. The minimum atomic E-state index is -4.43. The van der Waals surface area contributed by atoms with Crippen LogP contribution < -0.4 is 10.6 Å². The summed E-state index contributed by atoms with van der Waals surface area (Å²) >= 11 is 0. The molecule has 160 valence electrons. The van der Waals surface area contributed by atoms with E-state index in [0.717, 1.165) is 34.6 Å². The molecule has 2 N–H and O–H groups in total. The molecule has 2 aromatic heterocycles. The quantitative estimate of drug-likeness (QED) is 0.387. The highest BCUT2D eigenvalue weighted by molar-refractivity contribution is 6.02. The Bertz CT molecular complexity index is 1210. The van der Waals surface area contributed by atoms with Gasteiger partial charge in [0.25, 0.3) is 0 Å². The molecule has 0 aliphatic heterocycles. The van der Waals surface area contributed by atoms with Crippen LogP contribution in [0.3, 0.4) is 0 Å². The number of para-hydroxylation sites is 1. The molecular weight excluding hydrogens is 417 g/mol. The van der Waals surface area contributed by atoms with E-state index in [9.17, 15) is 18.0 Å². The first-order valence-electron chi connectivity index (χ1n) is 9.62. The molecule has 0 aliphatic rings. The van der Waals surface area contributed by atoms with Crippen molar-refractivity contribution in [2.24, 2.45) is 0 Å². The monoisotopic (exact) mass is 434 g/mol. The largest absolute Gasteiger partial charge is 0.416 e. The summed E-state index contributed by atoms with van der Waals surface area (Å²) in [6.07, 6.45) is -1.04. The molecule has 32 heavy (non-hydrogen) atoms. The zero-order chi connectivity index (χ0) is 22.6. The number of hydrogen-bond donors (Lipinski definition) is 2. The van der Waals surface area contributed by atoms with Crippen molar-refractivity contribution < 1.29 is 18.0 Å². The number of carbonyl (C=O) groups is 1. The van der Waals surface area contributed by atoms with Crippen molar-refractivity contribution in [3.05, 3.63) is 96.8 Å². The van der Waals surface area contributed by atoms with E-state index < -0.39 is 17.8 Å². The molecule has 0 fully saturated rings. The van der Waals surface area contributed by atoms with Crippen molar-refractivity contribution in [3.8, 4) is 22.5 Å². The Morgan fingerprint density at radius 1 is 0.750 bits per heavy atom. The highest BCUT2D eigenvalue weighted by atomic mass is 19.4. The van der Waals surface area contributed by atoms with Crippen LogP contribution in [0.2, 0.25) is 0 Å². The topological polar surface area (TPSA) is 66.9 Å². The van der Waals surface area contributed by atoms with Gasteiger partial charge in [-0.3, -0.25) is 9.97 Å². The van der Waals surface area contributed by atoms with Gasteiger partial charge in [0.15, 0.2) is 0 Å². The Hall–Kier alpha value is -4.20. The molecule has 5 nitrogen and oxygen atoms in total. The Labute approximate surface area is 182 Å². The maximum absolute atomic E-state index is 12.7. The van der Waals surface area contributed by atoms with E-state index in [2.05, 4.69) is 20.6 Å². The van der Waals surface area contributed by atoms with Crippen molar-refractivity contribution in [3.63, 3.8) is 0 Å². The lowest BCUT2D eigenvalue weighted by molar-refractivity contribution is -0.137. The Kier molecular flexibility index (Phi) is 5.85. The molecule has 0 aliphatic carbocycles. The van der Waals surface area contributed by atoms with Crippen molar-refractivity contribution in [1.82, 2.24) is 9.97 Å². The normalized spacial score (nSPS) is 11.1.